The molecule has 2 aromatic heterocycles. The summed E-state index contributed by atoms with van der Waals surface area (Å²) in [5.41, 5.74) is 6.44. The average molecular weight is 462 g/mol. The van der Waals surface area contributed by atoms with E-state index in [2.05, 4.69) is 20.3 Å². The Morgan fingerprint density at radius 1 is 1.06 bits per heavy atom. The Morgan fingerprint density at radius 2 is 1.72 bits per heavy atom. The van der Waals surface area contributed by atoms with Crippen molar-refractivity contribution in [1.82, 2.24) is 24.8 Å². The Balaban J connectivity index is 0.000000247. The lowest BCUT2D eigenvalue weighted by molar-refractivity contribution is -0.113. The molecule has 0 spiro atoms. The number of aliphatic hydroxyl groups excluding tert-OH is 8. The molecule has 11 N–H and O–H groups in total. The van der Waals surface area contributed by atoms with E-state index in [1.807, 2.05) is 0 Å². The van der Waals surface area contributed by atoms with E-state index in [0.29, 0.717) is 11.2 Å². The first-order valence-corrected chi connectivity index (χ1v) is 9.71. The molecule has 32 heavy (non-hydrogen) atoms. The molecule has 1 fully saturated rings. The van der Waals surface area contributed by atoms with Crippen molar-refractivity contribution in [2.45, 2.75) is 49.0 Å². The van der Waals surface area contributed by atoms with Crippen LogP contribution < -0.4 is 11.1 Å². The van der Waals surface area contributed by atoms with Gasteiger partial charge in [0.05, 0.1) is 25.6 Å². The van der Waals surface area contributed by atoms with Crippen LogP contribution in [-0.4, -0.2) is 130 Å². The van der Waals surface area contributed by atoms with Crippen LogP contribution in [-0.2, 0) is 4.74 Å². The average Bonchev–Trinajstić information content (AvgIpc) is 3.34. The third-order valence-corrected chi connectivity index (χ3v) is 4.92. The minimum absolute atomic E-state index is 0.0936. The number of nitrogen functional groups attached to an aromatic ring is 1. The van der Waals surface area contributed by atoms with Gasteiger partial charge in [0.1, 0.15) is 48.5 Å². The summed E-state index contributed by atoms with van der Waals surface area (Å²) in [6.45, 7) is -0.959. The topological polar surface area (TPSA) is 253 Å². The van der Waals surface area contributed by atoms with Crippen LogP contribution in [0.1, 0.15) is 6.23 Å². The number of rotatable bonds is 8. The van der Waals surface area contributed by atoms with Gasteiger partial charge >= 0.3 is 0 Å². The second kappa shape index (κ2) is 11.7. The van der Waals surface area contributed by atoms with E-state index in [0.717, 1.165) is 0 Å². The van der Waals surface area contributed by atoms with Crippen molar-refractivity contribution in [3.63, 3.8) is 0 Å². The molecule has 0 amide bonds. The molecule has 1 aliphatic rings. The molecule has 0 saturated carbocycles. The van der Waals surface area contributed by atoms with Gasteiger partial charge in [0.25, 0.3) is 0 Å². The zero-order valence-corrected chi connectivity index (χ0v) is 17.2. The highest BCUT2D eigenvalue weighted by atomic mass is 16.6. The van der Waals surface area contributed by atoms with Gasteiger partial charge in [-0.05, 0) is 7.05 Å². The molecule has 0 unspecified atom stereocenters. The molecule has 1 aliphatic heterocycles. The van der Waals surface area contributed by atoms with Crippen LogP contribution >= 0.6 is 0 Å². The number of imidazole rings is 1. The van der Waals surface area contributed by atoms with Gasteiger partial charge in [-0.1, -0.05) is 0 Å². The van der Waals surface area contributed by atoms with Gasteiger partial charge in [0.15, 0.2) is 17.7 Å². The number of aliphatic hydroxyl groups is 8. The molecule has 8 atom stereocenters. The Bertz CT molecular complexity index is 842. The molecule has 0 radical (unpaired) electrons. The molecule has 15 heteroatoms. The minimum atomic E-state index is -1.55. The number of hydrogen-bond acceptors (Lipinski definition) is 14. The monoisotopic (exact) mass is 462 g/mol. The van der Waals surface area contributed by atoms with Crippen LogP contribution in [0.15, 0.2) is 12.7 Å². The quantitative estimate of drug-likeness (QED) is 0.176. The normalized spacial score (nSPS) is 26.9. The number of fused-ring (bicyclic) bond motifs is 1. The smallest absolute Gasteiger partial charge is 0.167 e. The molecule has 3 heterocycles. The Morgan fingerprint density at radius 3 is 2.28 bits per heavy atom. The second-order valence-electron chi connectivity index (χ2n) is 7.17. The molecule has 0 bridgehead atoms. The van der Waals surface area contributed by atoms with Crippen molar-refractivity contribution in [1.29, 1.82) is 0 Å². The van der Waals surface area contributed by atoms with Crippen molar-refractivity contribution in [2.24, 2.45) is 0 Å². The van der Waals surface area contributed by atoms with Crippen molar-refractivity contribution in [3.8, 4) is 0 Å². The summed E-state index contributed by atoms with van der Waals surface area (Å²) in [5, 5.41) is 76.2. The molecular weight excluding hydrogens is 432 g/mol. The molecular formula is C17H30N6O9. The van der Waals surface area contributed by atoms with Gasteiger partial charge < -0.3 is 56.6 Å². The summed E-state index contributed by atoms with van der Waals surface area (Å²) in [6.07, 6.45) is -7.07. The van der Waals surface area contributed by atoms with Gasteiger partial charge in [0.2, 0.25) is 0 Å². The number of likely N-dealkylation sites (N-methyl/N-ethyl adjacent to an activating group) is 1. The highest BCUT2D eigenvalue weighted by Crippen LogP contribution is 2.31. The fraction of sp³-hybridized carbons (Fsp3) is 0.706. The van der Waals surface area contributed by atoms with E-state index in [-0.39, 0.29) is 12.4 Å². The number of nitrogens with one attached hydrogen (secondary N) is 1. The van der Waals surface area contributed by atoms with Crippen LogP contribution in [0.25, 0.3) is 11.2 Å². The predicted octanol–water partition coefficient (Wildman–Crippen LogP) is -5.34. The van der Waals surface area contributed by atoms with Gasteiger partial charge in [-0.25, -0.2) is 15.0 Å². The Kier molecular flexibility index (Phi) is 9.59. The van der Waals surface area contributed by atoms with Crippen molar-refractivity contribution >= 4 is 17.0 Å². The van der Waals surface area contributed by atoms with Crippen LogP contribution in [0.2, 0.25) is 0 Å². The van der Waals surface area contributed by atoms with E-state index in [1.54, 1.807) is 7.05 Å². The third kappa shape index (κ3) is 5.65. The lowest BCUT2D eigenvalue weighted by Gasteiger charge is -2.25. The zero-order valence-electron chi connectivity index (χ0n) is 17.2. The Hall–Kier alpha value is -2.05. The fourth-order valence-electron chi connectivity index (χ4n) is 3.06. The van der Waals surface area contributed by atoms with Gasteiger partial charge in [-0.2, -0.15) is 0 Å². The van der Waals surface area contributed by atoms with Crippen LogP contribution in [0.4, 0.5) is 5.82 Å². The second-order valence-corrected chi connectivity index (χ2v) is 7.17. The number of anilines is 1. The fourth-order valence-corrected chi connectivity index (χ4v) is 3.06. The summed E-state index contributed by atoms with van der Waals surface area (Å²) < 4.78 is 6.85. The standard InChI is InChI=1S/C10H13N5O4.C7H17NO5/c11-8-5-9(13-2-12-8)15(3-14-5)10-7(18)6(17)4(1-16)19-10;1-8-2-4(10)6(12)7(13)5(11)3-9/h2-4,6-7,10,16-18H,1H2,(H2,11,12,13);4-13H,2-3H2,1H3/t4-,6-,7-,10-;4-,5+,6+,7+/m10/s1. The third-order valence-electron chi connectivity index (χ3n) is 4.92. The van der Waals surface area contributed by atoms with Crippen molar-refractivity contribution < 1.29 is 45.6 Å². The summed E-state index contributed by atoms with van der Waals surface area (Å²) in [6, 6.07) is 0. The summed E-state index contributed by atoms with van der Waals surface area (Å²) in [5.74, 6) is 0.218. The predicted molar refractivity (Wildman–Crippen MR) is 108 cm³/mol. The van der Waals surface area contributed by atoms with E-state index >= 15 is 0 Å². The number of nitrogens with zero attached hydrogens (tertiary/aromatic N) is 4. The van der Waals surface area contributed by atoms with Gasteiger partial charge in [-0.3, -0.25) is 4.57 Å². The van der Waals surface area contributed by atoms with E-state index in [1.165, 1.54) is 17.2 Å². The molecule has 15 nitrogen and oxygen atoms in total. The lowest BCUT2D eigenvalue weighted by Crippen LogP contribution is -2.48. The first-order chi connectivity index (χ1) is 15.2. The van der Waals surface area contributed by atoms with Crippen molar-refractivity contribution in [2.75, 3.05) is 32.5 Å². The van der Waals surface area contributed by atoms with Gasteiger partial charge in [0, 0.05) is 6.54 Å². The molecule has 2 aromatic rings. The highest BCUT2D eigenvalue weighted by Gasteiger charge is 2.44. The zero-order chi connectivity index (χ0) is 24.0. The maximum absolute atomic E-state index is 9.95. The van der Waals surface area contributed by atoms with E-state index < -0.39 is 62.2 Å². The number of aromatic nitrogens is 4. The summed E-state index contributed by atoms with van der Waals surface area (Å²) in [4.78, 5) is 11.9. The number of nitrogens with two attached hydrogens (primary N) is 1. The first-order valence-electron chi connectivity index (χ1n) is 9.71. The van der Waals surface area contributed by atoms with Crippen LogP contribution in [0.5, 0.6) is 0 Å². The largest absolute Gasteiger partial charge is 0.394 e. The SMILES string of the molecule is CNC[C@H](O)[C@@H](O)[C@H](O)[C@H](O)CO.Nc1ncnc2c1ncn2[C@@H]1O[C@H](CO)[C@@H](O)[C@H]1O. The number of hydrogen-bond donors (Lipinski definition) is 10. The van der Waals surface area contributed by atoms with Crippen LogP contribution in [0.3, 0.4) is 0 Å². The summed E-state index contributed by atoms with van der Waals surface area (Å²) >= 11 is 0. The first kappa shape index (κ1) is 26.2. The van der Waals surface area contributed by atoms with E-state index in [4.69, 9.17) is 36.0 Å². The molecule has 182 valence electrons. The maximum atomic E-state index is 9.95. The molecule has 0 aromatic carbocycles. The minimum Gasteiger partial charge on any atom is -0.394 e. The molecule has 0 aliphatic carbocycles. The van der Waals surface area contributed by atoms with Crippen LogP contribution in [0, 0.1) is 0 Å². The number of ether oxygens (including phenoxy) is 1. The highest BCUT2D eigenvalue weighted by molar-refractivity contribution is 5.81. The van der Waals surface area contributed by atoms with Crippen molar-refractivity contribution in [3.05, 3.63) is 12.7 Å². The summed E-state index contributed by atoms with van der Waals surface area (Å²) in [7, 11) is 1.57. The van der Waals surface area contributed by atoms with Gasteiger partial charge in [-0.15, -0.1) is 0 Å². The maximum Gasteiger partial charge on any atom is 0.167 e. The van der Waals surface area contributed by atoms with E-state index in [9.17, 15) is 15.3 Å². The molecule has 1 saturated heterocycles. The Labute approximate surface area is 182 Å². The lowest BCUT2D eigenvalue weighted by atomic mass is 10.0. The molecule has 3 rings (SSSR count).